The second-order valence-corrected chi connectivity index (χ2v) is 6.07. The Morgan fingerprint density at radius 3 is 2.45 bits per heavy atom. The van der Waals surface area contributed by atoms with Crippen LogP contribution in [0.1, 0.15) is 39.0 Å². The van der Waals surface area contributed by atoms with Crippen LogP contribution in [0.2, 0.25) is 0 Å². The summed E-state index contributed by atoms with van der Waals surface area (Å²) in [5, 5.41) is 3.22. The van der Waals surface area contributed by atoms with Crippen LogP contribution in [0.4, 0.5) is 13.2 Å². The molecule has 2 fully saturated rings. The molecule has 0 aliphatic carbocycles. The van der Waals surface area contributed by atoms with Gasteiger partial charge in [0.1, 0.15) is 0 Å². The first-order chi connectivity index (χ1) is 9.39. The highest BCUT2D eigenvalue weighted by molar-refractivity contribution is 5.83. The summed E-state index contributed by atoms with van der Waals surface area (Å²) in [6.07, 6.45) is -1.48. The highest BCUT2D eigenvalue weighted by Crippen LogP contribution is 2.37. The smallest absolute Gasteiger partial charge is 0.342 e. The van der Waals surface area contributed by atoms with Gasteiger partial charge in [0.2, 0.25) is 5.91 Å². The van der Waals surface area contributed by atoms with E-state index in [0.29, 0.717) is 6.54 Å². The van der Waals surface area contributed by atoms with Gasteiger partial charge in [0.25, 0.3) is 0 Å². The molecule has 0 radical (unpaired) electrons. The molecule has 0 aromatic rings. The molecule has 0 aromatic heterocycles. The third-order valence-corrected chi connectivity index (χ3v) is 4.67. The molecule has 20 heavy (non-hydrogen) atoms. The second-order valence-electron chi connectivity index (χ2n) is 6.07. The van der Waals surface area contributed by atoms with Crippen molar-refractivity contribution in [1.29, 1.82) is 0 Å². The summed E-state index contributed by atoms with van der Waals surface area (Å²) in [5.74, 6) is -1.18. The molecule has 116 valence electrons. The molecule has 2 rings (SSSR count). The van der Waals surface area contributed by atoms with Gasteiger partial charge in [-0.25, -0.2) is 0 Å². The predicted molar refractivity (Wildman–Crippen MR) is 70.2 cm³/mol. The van der Waals surface area contributed by atoms with E-state index in [1.54, 1.807) is 4.90 Å². The van der Waals surface area contributed by atoms with Crippen molar-refractivity contribution in [3.63, 3.8) is 0 Å². The summed E-state index contributed by atoms with van der Waals surface area (Å²) in [6.45, 7) is 4.02. The minimum atomic E-state index is -4.12. The number of piperidine rings is 1. The highest BCUT2D eigenvalue weighted by Gasteiger charge is 2.46. The summed E-state index contributed by atoms with van der Waals surface area (Å²) in [4.78, 5) is 14.3. The number of halogens is 3. The van der Waals surface area contributed by atoms with E-state index in [0.717, 1.165) is 25.8 Å². The average molecular weight is 292 g/mol. The zero-order chi connectivity index (χ0) is 14.8. The molecule has 0 bridgehead atoms. The van der Waals surface area contributed by atoms with Gasteiger partial charge in [-0.15, -0.1) is 0 Å². The minimum Gasteiger partial charge on any atom is -0.342 e. The third kappa shape index (κ3) is 3.10. The van der Waals surface area contributed by atoms with Crippen LogP contribution < -0.4 is 5.32 Å². The number of amides is 1. The molecule has 6 heteroatoms. The number of likely N-dealkylation sites (tertiary alicyclic amines) is 1. The largest absolute Gasteiger partial charge is 0.391 e. The van der Waals surface area contributed by atoms with Crippen LogP contribution in [0.15, 0.2) is 0 Å². The first-order valence-corrected chi connectivity index (χ1v) is 7.46. The first-order valence-electron chi connectivity index (χ1n) is 7.46. The lowest BCUT2D eigenvalue weighted by Crippen LogP contribution is -2.49. The van der Waals surface area contributed by atoms with Crippen LogP contribution in [0, 0.1) is 11.3 Å². The molecule has 1 atom stereocenters. The van der Waals surface area contributed by atoms with Crippen molar-refractivity contribution >= 4 is 5.91 Å². The molecular weight excluding hydrogens is 269 g/mol. The number of nitrogens with one attached hydrogen (secondary N) is 1. The lowest BCUT2D eigenvalue weighted by molar-refractivity contribution is -0.187. The summed E-state index contributed by atoms with van der Waals surface area (Å²) in [5.41, 5.74) is -0.375. The van der Waals surface area contributed by atoms with Gasteiger partial charge in [0.05, 0.1) is 11.3 Å². The van der Waals surface area contributed by atoms with E-state index < -0.39 is 12.1 Å². The van der Waals surface area contributed by atoms with Crippen LogP contribution in [-0.2, 0) is 4.79 Å². The zero-order valence-electron chi connectivity index (χ0n) is 11.9. The van der Waals surface area contributed by atoms with Crippen molar-refractivity contribution in [2.75, 3.05) is 26.2 Å². The van der Waals surface area contributed by atoms with E-state index in [1.165, 1.54) is 0 Å². The Labute approximate surface area is 117 Å². The van der Waals surface area contributed by atoms with Crippen LogP contribution in [0.25, 0.3) is 0 Å². The van der Waals surface area contributed by atoms with Gasteiger partial charge >= 0.3 is 6.18 Å². The molecule has 2 heterocycles. The Morgan fingerprint density at radius 1 is 1.35 bits per heavy atom. The standard InChI is InChI=1S/C14H23F3N2O/c1-2-5-13(6-7-18-10-13)12(20)19-8-3-11(4-9-19)14(15,16)17/h11,18H,2-10H2,1H3. The number of carbonyl (C=O) groups excluding carboxylic acids is 1. The average Bonchev–Trinajstić information content (AvgIpc) is 2.87. The monoisotopic (exact) mass is 292 g/mol. The summed E-state index contributed by atoms with van der Waals surface area (Å²) in [7, 11) is 0. The van der Waals surface area contributed by atoms with Crippen LogP contribution in [0.3, 0.4) is 0 Å². The Kier molecular flexibility index (Phi) is 4.62. The lowest BCUT2D eigenvalue weighted by Gasteiger charge is -2.38. The highest BCUT2D eigenvalue weighted by atomic mass is 19.4. The fourth-order valence-electron chi connectivity index (χ4n) is 3.47. The van der Waals surface area contributed by atoms with E-state index in [2.05, 4.69) is 5.32 Å². The number of hydrogen-bond acceptors (Lipinski definition) is 2. The Bertz CT molecular complexity index is 343. The number of carbonyl (C=O) groups is 1. The Hall–Kier alpha value is -0.780. The number of rotatable bonds is 3. The topological polar surface area (TPSA) is 32.3 Å². The molecule has 0 saturated carbocycles. The third-order valence-electron chi connectivity index (χ3n) is 4.67. The van der Waals surface area contributed by atoms with Crippen molar-refractivity contribution < 1.29 is 18.0 Å². The zero-order valence-corrected chi connectivity index (χ0v) is 11.9. The molecule has 1 unspecified atom stereocenters. The minimum absolute atomic E-state index is 0.0465. The normalized spacial score (nSPS) is 28.9. The van der Waals surface area contributed by atoms with Gasteiger partial charge in [0.15, 0.2) is 0 Å². The van der Waals surface area contributed by atoms with E-state index >= 15 is 0 Å². The number of hydrogen-bond donors (Lipinski definition) is 1. The Balaban J connectivity index is 1.97. The summed E-state index contributed by atoms with van der Waals surface area (Å²) < 4.78 is 38.0. The fraction of sp³-hybridized carbons (Fsp3) is 0.929. The summed E-state index contributed by atoms with van der Waals surface area (Å²) >= 11 is 0. The van der Waals surface area contributed by atoms with Crippen molar-refractivity contribution in [2.24, 2.45) is 11.3 Å². The maximum atomic E-state index is 12.7. The Morgan fingerprint density at radius 2 is 2.00 bits per heavy atom. The van der Waals surface area contributed by atoms with E-state index in [-0.39, 0.29) is 37.3 Å². The van der Waals surface area contributed by atoms with Crippen molar-refractivity contribution in [3.05, 3.63) is 0 Å². The van der Waals surface area contributed by atoms with Gasteiger partial charge in [-0.05, 0) is 32.2 Å². The van der Waals surface area contributed by atoms with Crippen LogP contribution in [0.5, 0.6) is 0 Å². The first kappa shape index (κ1) is 15.6. The van der Waals surface area contributed by atoms with Gasteiger partial charge in [0, 0.05) is 19.6 Å². The maximum absolute atomic E-state index is 12.7. The molecule has 1 N–H and O–H groups in total. The van der Waals surface area contributed by atoms with Gasteiger partial charge in [-0.2, -0.15) is 13.2 Å². The molecule has 2 aliphatic heterocycles. The molecular formula is C14H23F3N2O. The lowest BCUT2D eigenvalue weighted by atomic mass is 9.80. The molecule has 1 amide bonds. The molecule has 2 aliphatic rings. The van der Waals surface area contributed by atoms with Crippen LogP contribution in [-0.4, -0.2) is 43.2 Å². The van der Waals surface area contributed by atoms with E-state index in [9.17, 15) is 18.0 Å². The number of nitrogens with zero attached hydrogens (tertiary/aromatic N) is 1. The summed E-state index contributed by atoms with van der Waals surface area (Å²) in [6, 6.07) is 0. The van der Waals surface area contributed by atoms with E-state index in [4.69, 9.17) is 0 Å². The van der Waals surface area contributed by atoms with Gasteiger partial charge in [-0.1, -0.05) is 13.3 Å². The van der Waals surface area contributed by atoms with Gasteiger partial charge in [-0.3, -0.25) is 4.79 Å². The van der Waals surface area contributed by atoms with Crippen molar-refractivity contribution in [1.82, 2.24) is 10.2 Å². The van der Waals surface area contributed by atoms with Gasteiger partial charge < -0.3 is 10.2 Å². The predicted octanol–water partition coefficient (Wildman–Crippen LogP) is 2.57. The molecule has 3 nitrogen and oxygen atoms in total. The van der Waals surface area contributed by atoms with E-state index in [1.807, 2.05) is 6.92 Å². The van der Waals surface area contributed by atoms with Crippen LogP contribution >= 0.6 is 0 Å². The maximum Gasteiger partial charge on any atom is 0.391 e. The molecule has 0 spiro atoms. The van der Waals surface area contributed by atoms with Crippen molar-refractivity contribution in [2.45, 2.75) is 45.2 Å². The molecule has 2 saturated heterocycles. The second kappa shape index (κ2) is 5.92. The van der Waals surface area contributed by atoms with Crippen molar-refractivity contribution in [3.8, 4) is 0 Å². The number of alkyl halides is 3. The quantitative estimate of drug-likeness (QED) is 0.867. The molecule has 0 aromatic carbocycles. The fourth-order valence-corrected chi connectivity index (χ4v) is 3.47. The SMILES string of the molecule is CCCC1(C(=O)N2CCC(C(F)(F)F)CC2)CCNC1.